The van der Waals surface area contributed by atoms with Gasteiger partial charge in [-0.15, -0.1) is 4.68 Å². The van der Waals surface area contributed by atoms with Crippen LogP contribution >= 0.6 is 0 Å². The quantitative estimate of drug-likeness (QED) is 0.804. The largest absolute Gasteiger partial charge is 0.416 e. The zero-order chi connectivity index (χ0) is 14.7. The molecule has 6 heteroatoms. The highest BCUT2D eigenvalue weighted by molar-refractivity contribution is 5.56. The van der Waals surface area contributed by atoms with Gasteiger partial charge in [-0.05, 0) is 12.1 Å². The number of rotatable bonds is 3. The van der Waals surface area contributed by atoms with Crippen LogP contribution in [-0.2, 0) is 9.47 Å². The van der Waals surface area contributed by atoms with Crippen LogP contribution in [0.4, 0.5) is 0 Å². The third-order valence-electron chi connectivity index (χ3n) is 3.01. The monoisotopic (exact) mass is 288 g/mol. The lowest BCUT2D eigenvalue weighted by atomic mass is 9.96. The summed E-state index contributed by atoms with van der Waals surface area (Å²) in [4.78, 5) is 0. The van der Waals surface area contributed by atoms with Crippen molar-refractivity contribution in [3.05, 3.63) is 42.4 Å². The third-order valence-corrected chi connectivity index (χ3v) is 3.01. The SMILES string of the molecule is CC1(C)COC(/C=[N+]2\C=C(Oc3ccccc3)N=N2)OC1. The van der Waals surface area contributed by atoms with Gasteiger partial charge in [0.25, 0.3) is 0 Å². The molecule has 0 N–H and O–H groups in total. The van der Waals surface area contributed by atoms with Gasteiger partial charge < -0.3 is 14.2 Å². The molecule has 1 fully saturated rings. The van der Waals surface area contributed by atoms with E-state index in [2.05, 4.69) is 24.2 Å². The van der Waals surface area contributed by atoms with Crippen LogP contribution in [0, 0.1) is 5.41 Å². The number of hydrogen-bond acceptors (Lipinski definition) is 5. The van der Waals surface area contributed by atoms with E-state index in [4.69, 9.17) is 14.2 Å². The number of benzene rings is 1. The van der Waals surface area contributed by atoms with E-state index in [9.17, 15) is 0 Å². The summed E-state index contributed by atoms with van der Waals surface area (Å²) in [5.41, 5.74) is 0.0499. The molecule has 6 nitrogen and oxygen atoms in total. The number of hydrogen-bond donors (Lipinski definition) is 0. The standard InChI is InChI=1S/C15H18N3O3/c1-15(2)10-19-14(20-11-15)9-18-8-13(16-17-18)21-12-6-4-3-5-7-12/h3-9,14H,10-11H2,1-2H3/q+1/b18-9+. The first-order chi connectivity index (χ1) is 10.1. The fourth-order valence-electron chi connectivity index (χ4n) is 1.91. The summed E-state index contributed by atoms with van der Waals surface area (Å²) in [6.45, 7) is 5.50. The van der Waals surface area contributed by atoms with Gasteiger partial charge in [0.2, 0.25) is 12.5 Å². The summed E-state index contributed by atoms with van der Waals surface area (Å²) in [7, 11) is 0. The Bertz CT molecular complexity index is 583. The van der Waals surface area contributed by atoms with E-state index in [0.29, 0.717) is 19.1 Å². The Kier molecular flexibility index (Phi) is 3.81. The number of ether oxygens (including phenoxy) is 3. The van der Waals surface area contributed by atoms with Gasteiger partial charge in [0.15, 0.2) is 6.21 Å². The first kappa shape index (κ1) is 13.9. The smallest absolute Gasteiger partial charge is 0.403 e. The van der Waals surface area contributed by atoms with Crippen LogP contribution in [0.3, 0.4) is 0 Å². The second-order valence-electron chi connectivity index (χ2n) is 5.76. The maximum atomic E-state index is 5.62. The topological polar surface area (TPSA) is 55.4 Å². The van der Waals surface area contributed by atoms with Gasteiger partial charge in [0.1, 0.15) is 16.1 Å². The maximum absolute atomic E-state index is 5.62. The summed E-state index contributed by atoms with van der Waals surface area (Å²) in [5, 5.41) is 7.92. The lowest BCUT2D eigenvalue weighted by molar-refractivity contribution is -0.466. The molecular weight excluding hydrogens is 270 g/mol. The predicted molar refractivity (Wildman–Crippen MR) is 75.8 cm³/mol. The van der Waals surface area contributed by atoms with Crippen molar-refractivity contribution in [2.24, 2.45) is 15.8 Å². The summed E-state index contributed by atoms with van der Waals surface area (Å²) in [5.74, 6) is 1.14. The van der Waals surface area contributed by atoms with Crippen LogP contribution in [0.2, 0.25) is 0 Å². The molecule has 1 aromatic rings. The van der Waals surface area contributed by atoms with Crippen molar-refractivity contribution < 1.29 is 18.9 Å². The van der Waals surface area contributed by atoms with E-state index in [1.807, 2.05) is 30.3 Å². The fourth-order valence-corrected chi connectivity index (χ4v) is 1.91. The van der Waals surface area contributed by atoms with Crippen molar-refractivity contribution in [3.8, 4) is 5.75 Å². The average molecular weight is 288 g/mol. The molecule has 0 bridgehead atoms. The molecule has 2 aliphatic rings. The molecule has 0 spiro atoms. The second kappa shape index (κ2) is 5.75. The Balaban J connectivity index is 1.61. The Hall–Kier alpha value is -2.05. The lowest BCUT2D eigenvalue weighted by Crippen LogP contribution is -2.39. The molecule has 0 radical (unpaired) electrons. The van der Waals surface area contributed by atoms with Crippen LogP contribution in [0.25, 0.3) is 0 Å². The van der Waals surface area contributed by atoms with Crippen LogP contribution in [0.5, 0.6) is 5.75 Å². The molecule has 0 aliphatic carbocycles. The van der Waals surface area contributed by atoms with Gasteiger partial charge >= 0.3 is 5.88 Å². The highest BCUT2D eigenvalue weighted by Crippen LogP contribution is 2.22. The van der Waals surface area contributed by atoms with Crippen LogP contribution in [-0.4, -0.2) is 30.4 Å². The van der Waals surface area contributed by atoms with Crippen molar-refractivity contribution in [2.75, 3.05) is 13.2 Å². The number of para-hydroxylation sites is 1. The van der Waals surface area contributed by atoms with Crippen LogP contribution < -0.4 is 4.74 Å². The average Bonchev–Trinajstić information content (AvgIpc) is 2.90. The highest BCUT2D eigenvalue weighted by atomic mass is 16.7. The van der Waals surface area contributed by atoms with Crippen molar-refractivity contribution >= 4 is 6.21 Å². The second-order valence-corrected chi connectivity index (χ2v) is 5.76. The van der Waals surface area contributed by atoms with Crippen molar-refractivity contribution in [3.63, 3.8) is 0 Å². The minimum absolute atomic E-state index is 0.0499. The molecular formula is C15H18N3O3+. The van der Waals surface area contributed by atoms with Crippen molar-refractivity contribution in [2.45, 2.75) is 20.1 Å². The highest BCUT2D eigenvalue weighted by Gasteiger charge is 2.29. The first-order valence-electron chi connectivity index (χ1n) is 6.84. The van der Waals surface area contributed by atoms with E-state index in [1.54, 1.807) is 17.1 Å². The molecule has 0 saturated carbocycles. The van der Waals surface area contributed by atoms with Gasteiger partial charge in [-0.2, -0.15) is 0 Å². The molecule has 2 aliphatic heterocycles. The van der Waals surface area contributed by atoms with Crippen LogP contribution in [0.1, 0.15) is 13.8 Å². The summed E-state index contributed by atoms with van der Waals surface area (Å²) in [6, 6.07) is 9.45. The van der Waals surface area contributed by atoms with E-state index in [1.165, 1.54) is 0 Å². The number of nitrogens with zero attached hydrogens (tertiary/aromatic N) is 3. The zero-order valence-electron chi connectivity index (χ0n) is 12.1. The molecule has 110 valence electrons. The minimum atomic E-state index is -0.413. The molecule has 1 aromatic carbocycles. The third kappa shape index (κ3) is 3.74. The summed E-state index contributed by atoms with van der Waals surface area (Å²) >= 11 is 0. The molecule has 21 heavy (non-hydrogen) atoms. The van der Waals surface area contributed by atoms with Crippen molar-refractivity contribution in [1.29, 1.82) is 0 Å². The van der Waals surface area contributed by atoms with E-state index < -0.39 is 6.29 Å². The van der Waals surface area contributed by atoms with E-state index in [-0.39, 0.29) is 5.41 Å². The normalized spacial score (nSPS) is 23.3. The van der Waals surface area contributed by atoms with Crippen LogP contribution in [0.15, 0.2) is 52.8 Å². The van der Waals surface area contributed by atoms with E-state index >= 15 is 0 Å². The fraction of sp³-hybridized carbons (Fsp3) is 0.400. The van der Waals surface area contributed by atoms with Gasteiger partial charge in [0, 0.05) is 5.41 Å². The van der Waals surface area contributed by atoms with Gasteiger partial charge in [-0.25, -0.2) is 0 Å². The lowest BCUT2D eigenvalue weighted by Gasteiger charge is -2.32. The maximum Gasteiger partial charge on any atom is 0.403 e. The Morgan fingerprint density at radius 2 is 1.95 bits per heavy atom. The molecule has 3 rings (SSSR count). The van der Waals surface area contributed by atoms with Gasteiger partial charge in [-0.3, -0.25) is 0 Å². The molecule has 0 unspecified atom stereocenters. The van der Waals surface area contributed by atoms with Gasteiger partial charge in [-0.1, -0.05) is 32.0 Å². The Morgan fingerprint density at radius 1 is 1.24 bits per heavy atom. The first-order valence-corrected chi connectivity index (χ1v) is 6.84. The van der Waals surface area contributed by atoms with Gasteiger partial charge in [0.05, 0.1) is 13.2 Å². The van der Waals surface area contributed by atoms with E-state index in [0.717, 1.165) is 5.75 Å². The van der Waals surface area contributed by atoms with Crippen molar-refractivity contribution in [1.82, 2.24) is 0 Å². The minimum Gasteiger partial charge on any atom is -0.416 e. The molecule has 0 aromatic heterocycles. The molecule has 2 heterocycles. The molecule has 0 amide bonds. The predicted octanol–water partition coefficient (Wildman–Crippen LogP) is 2.73. The molecule has 0 atom stereocenters. The zero-order valence-corrected chi connectivity index (χ0v) is 12.1. The Morgan fingerprint density at radius 3 is 2.67 bits per heavy atom. The Labute approximate surface area is 123 Å². The molecule has 1 saturated heterocycles. The summed E-state index contributed by atoms with van der Waals surface area (Å²) < 4.78 is 18.4. The summed E-state index contributed by atoms with van der Waals surface area (Å²) in [6.07, 6.45) is 2.99.